The van der Waals surface area contributed by atoms with Gasteiger partial charge in [0.05, 0.1) is 17.7 Å². The van der Waals surface area contributed by atoms with Crippen LogP contribution >= 0.6 is 11.3 Å². The quantitative estimate of drug-likeness (QED) is 0.314. The first-order valence-corrected chi connectivity index (χ1v) is 10.5. The lowest BCUT2D eigenvalue weighted by atomic mass is 10.1. The van der Waals surface area contributed by atoms with Crippen LogP contribution in [0.3, 0.4) is 0 Å². The summed E-state index contributed by atoms with van der Waals surface area (Å²) in [6.07, 6.45) is 2.76. The average molecular weight is 419 g/mol. The molecule has 152 valence electrons. The highest BCUT2D eigenvalue weighted by atomic mass is 32.1. The summed E-state index contributed by atoms with van der Waals surface area (Å²) >= 11 is 1.39. The second kappa shape index (κ2) is 9.28. The van der Waals surface area contributed by atoms with E-state index in [1.165, 1.54) is 22.3 Å². The van der Waals surface area contributed by atoms with Crippen LogP contribution in [-0.4, -0.2) is 30.5 Å². The Morgan fingerprint density at radius 1 is 1.10 bits per heavy atom. The van der Waals surface area contributed by atoms with E-state index >= 15 is 0 Å². The molecule has 0 aliphatic carbocycles. The number of carbonyl (C=O) groups is 1. The molecule has 4 aromatic rings. The van der Waals surface area contributed by atoms with Crippen LogP contribution in [0.2, 0.25) is 0 Å². The second-order valence-electron chi connectivity index (χ2n) is 6.60. The molecule has 2 heterocycles. The summed E-state index contributed by atoms with van der Waals surface area (Å²) in [4.78, 5) is 21.1. The van der Waals surface area contributed by atoms with Crippen LogP contribution in [0.1, 0.15) is 15.2 Å². The number of thiophene rings is 1. The summed E-state index contributed by atoms with van der Waals surface area (Å²) in [7, 11) is 1.61. The number of aliphatic imine (C=N–C) groups is 1. The van der Waals surface area contributed by atoms with Crippen molar-refractivity contribution in [1.29, 1.82) is 0 Å². The van der Waals surface area contributed by atoms with E-state index in [0.29, 0.717) is 23.1 Å². The molecule has 0 fully saturated rings. The van der Waals surface area contributed by atoms with E-state index in [1.54, 1.807) is 13.2 Å². The van der Waals surface area contributed by atoms with E-state index < -0.39 is 0 Å². The Bertz CT molecular complexity index is 1160. The molecule has 3 N–H and O–H groups in total. The predicted molar refractivity (Wildman–Crippen MR) is 123 cm³/mol. The van der Waals surface area contributed by atoms with Crippen molar-refractivity contribution in [2.75, 3.05) is 19.0 Å². The van der Waals surface area contributed by atoms with Crippen molar-refractivity contribution in [3.8, 4) is 5.75 Å². The lowest BCUT2D eigenvalue weighted by Crippen LogP contribution is -2.36. The van der Waals surface area contributed by atoms with Gasteiger partial charge in [-0.15, -0.1) is 11.3 Å². The summed E-state index contributed by atoms with van der Waals surface area (Å²) < 4.78 is 5.40. The van der Waals surface area contributed by atoms with E-state index in [9.17, 15) is 4.79 Å². The zero-order valence-electron chi connectivity index (χ0n) is 16.5. The van der Waals surface area contributed by atoms with Gasteiger partial charge in [-0.25, -0.2) is 0 Å². The third-order valence-corrected chi connectivity index (χ3v) is 5.53. The lowest BCUT2D eigenvalue weighted by Gasteiger charge is -2.14. The van der Waals surface area contributed by atoms with Crippen molar-refractivity contribution in [3.63, 3.8) is 0 Å². The maximum absolute atomic E-state index is 12.6. The number of nitrogens with one attached hydrogen (secondary N) is 3. The molecule has 0 unspecified atom stereocenters. The van der Waals surface area contributed by atoms with Crippen LogP contribution in [0, 0.1) is 0 Å². The fraction of sp³-hybridized carbons (Fsp3) is 0.130. The first-order valence-electron chi connectivity index (χ1n) is 9.59. The van der Waals surface area contributed by atoms with Gasteiger partial charge in [-0.1, -0.05) is 36.4 Å². The van der Waals surface area contributed by atoms with Gasteiger partial charge in [0, 0.05) is 23.6 Å². The van der Waals surface area contributed by atoms with Crippen molar-refractivity contribution in [1.82, 2.24) is 10.3 Å². The van der Waals surface area contributed by atoms with Gasteiger partial charge in [0.1, 0.15) is 5.75 Å². The summed E-state index contributed by atoms with van der Waals surface area (Å²) in [5.41, 5.74) is 3.03. The molecule has 1 amide bonds. The molecule has 0 bridgehead atoms. The third-order valence-electron chi connectivity index (χ3n) is 4.66. The molecular weight excluding hydrogens is 396 g/mol. The number of H-pyrrole nitrogens is 1. The zero-order valence-corrected chi connectivity index (χ0v) is 17.3. The Kier molecular flexibility index (Phi) is 6.10. The van der Waals surface area contributed by atoms with Crippen LogP contribution in [0.5, 0.6) is 5.75 Å². The van der Waals surface area contributed by atoms with E-state index in [0.717, 1.165) is 17.6 Å². The first-order chi connectivity index (χ1) is 14.7. The number of anilines is 1. The SMILES string of the molecule is COc1ccccc1NC(=NCCc1c[nH]c2ccccc12)NC(=O)c1cccs1. The number of ether oxygens (including phenoxy) is 1. The minimum absolute atomic E-state index is 0.196. The van der Waals surface area contributed by atoms with Crippen molar-refractivity contribution in [2.45, 2.75) is 6.42 Å². The Morgan fingerprint density at radius 3 is 2.77 bits per heavy atom. The minimum atomic E-state index is -0.196. The number of fused-ring (bicyclic) bond motifs is 1. The van der Waals surface area contributed by atoms with E-state index in [1.807, 2.05) is 54.0 Å². The first kappa shape index (κ1) is 19.7. The molecule has 0 aliphatic rings. The molecule has 0 radical (unpaired) electrons. The van der Waals surface area contributed by atoms with Gasteiger partial charge in [0.15, 0.2) is 0 Å². The maximum Gasteiger partial charge on any atom is 0.268 e. The van der Waals surface area contributed by atoms with E-state index in [2.05, 4.69) is 32.7 Å². The van der Waals surface area contributed by atoms with Gasteiger partial charge in [-0.3, -0.25) is 15.1 Å². The summed E-state index contributed by atoms with van der Waals surface area (Å²) in [5.74, 6) is 0.864. The minimum Gasteiger partial charge on any atom is -0.495 e. The number of carbonyl (C=O) groups excluding carboxylic acids is 1. The topological polar surface area (TPSA) is 78.5 Å². The summed E-state index contributed by atoms with van der Waals surface area (Å²) in [5, 5.41) is 9.14. The Morgan fingerprint density at radius 2 is 1.93 bits per heavy atom. The number of hydrogen-bond donors (Lipinski definition) is 3. The van der Waals surface area contributed by atoms with Gasteiger partial charge in [-0.05, 0) is 41.6 Å². The number of methoxy groups -OCH3 is 1. The molecule has 2 aromatic heterocycles. The van der Waals surface area contributed by atoms with Crippen molar-refractivity contribution >= 4 is 39.8 Å². The molecule has 0 saturated heterocycles. The predicted octanol–water partition coefficient (Wildman–Crippen LogP) is 4.68. The Balaban J connectivity index is 1.53. The molecule has 0 spiro atoms. The summed E-state index contributed by atoms with van der Waals surface area (Å²) in [6.45, 7) is 0.518. The van der Waals surface area contributed by atoms with Crippen LogP contribution in [-0.2, 0) is 6.42 Å². The van der Waals surface area contributed by atoms with Gasteiger partial charge in [-0.2, -0.15) is 0 Å². The van der Waals surface area contributed by atoms with Crippen LogP contribution < -0.4 is 15.4 Å². The largest absolute Gasteiger partial charge is 0.495 e. The zero-order chi connectivity index (χ0) is 20.8. The molecule has 4 rings (SSSR count). The number of aromatic amines is 1. The molecule has 6 nitrogen and oxygen atoms in total. The Labute approximate surface area is 178 Å². The molecule has 30 heavy (non-hydrogen) atoms. The second-order valence-corrected chi connectivity index (χ2v) is 7.54. The van der Waals surface area contributed by atoms with Crippen molar-refractivity contribution in [3.05, 3.63) is 82.7 Å². The maximum atomic E-state index is 12.6. The Hall–Kier alpha value is -3.58. The number of hydrogen-bond acceptors (Lipinski definition) is 4. The molecule has 0 aliphatic heterocycles. The molecule has 2 aromatic carbocycles. The number of amides is 1. The van der Waals surface area contributed by atoms with Crippen molar-refractivity contribution in [2.24, 2.45) is 4.99 Å². The lowest BCUT2D eigenvalue weighted by molar-refractivity contribution is 0.0981. The third kappa shape index (κ3) is 4.52. The van der Waals surface area contributed by atoms with Gasteiger partial charge in [0.25, 0.3) is 5.91 Å². The van der Waals surface area contributed by atoms with E-state index in [-0.39, 0.29) is 5.91 Å². The number of benzene rings is 2. The molecular formula is C23H22N4O2S. The molecule has 0 saturated carbocycles. The fourth-order valence-corrected chi connectivity index (χ4v) is 3.81. The van der Waals surface area contributed by atoms with Crippen molar-refractivity contribution < 1.29 is 9.53 Å². The number of nitrogens with zero attached hydrogens (tertiary/aromatic N) is 1. The highest BCUT2D eigenvalue weighted by molar-refractivity contribution is 7.12. The van der Waals surface area contributed by atoms with Crippen LogP contribution in [0.25, 0.3) is 10.9 Å². The van der Waals surface area contributed by atoms with Crippen LogP contribution in [0.15, 0.2) is 77.2 Å². The average Bonchev–Trinajstić information content (AvgIpc) is 3.45. The highest BCUT2D eigenvalue weighted by Gasteiger charge is 2.12. The smallest absolute Gasteiger partial charge is 0.268 e. The molecule has 0 atom stereocenters. The van der Waals surface area contributed by atoms with Gasteiger partial charge in [0.2, 0.25) is 5.96 Å². The van der Waals surface area contributed by atoms with E-state index in [4.69, 9.17) is 4.74 Å². The number of guanidine groups is 1. The molecule has 7 heteroatoms. The normalized spacial score (nSPS) is 11.4. The number of rotatable bonds is 6. The standard InChI is InChI=1S/C23H22N4O2S/c1-29-20-10-5-4-9-19(20)26-23(27-22(28)21-11-6-14-30-21)24-13-12-16-15-25-18-8-3-2-7-17(16)18/h2-11,14-15,25H,12-13H2,1H3,(H2,24,26,27,28). The van der Waals surface area contributed by atoms with Crippen LogP contribution in [0.4, 0.5) is 5.69 Å². The highest BCUT2D eigenvalue weighted by Crippen LogP contribution is 2.23. The van der Waals surface area contributed by atoms with Gasteiger partial charge >= 0.3 is 0 Å². The number of para-hydroxylation sites is 3. The monoisotopic (exact) mass is 418 g/mol. The van der Waals surface area contributed by atoms with Gasteiger partial charge < -0.3 is 15.0 Å². The summed E-state index contributed by atoms with van der Waals surface area (Å²) in [6, 6.07) is 19.3. The fourth-order valence-electron chi connectivity index (χ4n) is 3.19. The number of aromatic nitrogens is 1.